The van der Waals surface area contributed by atoms with Gasteiger partial charge in [0.15, 0.2) is 6.95 Å². The van der Waals surface area contributed by atoms with Crippen LogP contribution in [0.2, 0.25) is 1.41 Å². The summed E-state index contributed by atoms with van der Waals surface area (Å²) < 4.78 is 197. The predicted octanol–water partition coefficient (Wildman–Crippen LogP) is 2.54. The minimum absolute atomic E-state index is 1.33. The van der Waals surface area contributed by atoms with Crippen molar-refractivity contribution in [3.63, 3.8) is 0 Å². The number of carbonyl (C=O) groups is 2. The summed E-state index contributed by atoms with van der Waals surface area (Å²) in [5, 5.41) is 8.82. The molecule has 0 aliphatic carbocycles. The van der Waals surface area contributed by atoms with Crippen molar-refractivity contribution >= 4 is 12.1 Å². The van der Waals surface area contributed by atoms with Gasteiger partial charge in [-0.3, -0.25) is 0 Å². The monoisotopic (exact) mass is 363 g/mol. The van der Waals surface area contributed by atoms with Gasteiger partial charge >= 0.3 is 12.1 Å². The van der Waals surface area contributed by atoms with E-state index < -0.39 is 112 Å². The number of carboxylic acids is 1. The Balaban J connectivity index is 4.23. The maximum absolute atomic E-state index is 13.2. The lowest BCUT2D eigenvalue weighted by atomic mass is 9.92. The average molecular weight is 364 g/mol. The summed E-state index contributed by atoms with van der Waals surface area (Å²) in [5.74, 6) is -4.52. The van der Waals surface area contributed by atoms with Crippen LogP contribution in [0.4, 0.5) is 4.79 Å². The summed E-state index contributed by atoms with van der Waals surface area (Å²) in [6.07, 6.45) is -2.90. The van der Waals surface area contributed by atoms with Crippen LogP contribution < -0.4 is 10.0 Å². The third kappa shape index (κ3) is 5.73. The molecule has 1 atom stereocenters. The first-order valence-corrected chi connectivity index (χ1v) is 5.55. The lowest BCUT2D eigenvalue weighted by Crippen LogP contribution is -2.51. The molecule has 0 aliphatic rings. The third-order valence-corrected chi connectivity index (χ3v) is 2.02. The summed E-state index contributed by atoms with van der Waals surface area (Å²) in [6, 6.07) is -7.15. The van der Waals surface area contributed by atoms with Crippen LogP contribution in [-0.2, 0) is 19.8 Å². The normalized spacial score (nSPS) is 32.2. The van der Waals surface area contributed by atoms with Gasteiger partial charge in [0, 0.05) is 23.5 Å². The molecule has 24 heavy (non-hydrogen) atoms. The lowest BCUT2D eigenvalue weighted by molar-refractivity contribution is -0.144. The third-order valence-electron chi connectivity index (χ3n) is 2.02. The van der Waals surface area contributed by atoms with Crippen LogP contribution in [0.25, 0.3) is 0 Å². The fourth-order valence-electron chi connectivity index (χ4n) is 1.13. The molecule has 1 aromatic carbocycles. The van der Waals surface area contributed by atoms with Crippen LogP contribution in [0.3, 0.4) is 0 Å². The van der Waals surface area contributed by atoms with Crippen molar-refractivity contribution in [1.82, 2.24) is 5.31 Å². The van der Waals surface area contributed by atoms with E-state index in [9.17, 15) is 14.7 Å². The molecule has 0 aromatic heterocycles. The van der Waals surface area contributed by atoms with E-state index in [2.05, 4.69) is 14.2 Å². The predicted molar refractivity (Wildman–Crippen MR) is 88.2 cm³/mol. The van der Waals surface area contributed by atoms with Gasteiger partial charge < -0.3 is 24.6 Å². The summed E-state index contributed by atoms with van der Waals surface area (Å²) >= 11 is 0. The maximum Gasteiger partial charge on any atom is 0.408 e. The van der Waals surface area contributed by atoms with Crippen molar-refractivity contribution in [1.29, 1.82) is 0 Å². The molecule has 1 unspecified atom stereocenters. The highest BCUT2D eigenvalue weighted by molar-refractivity contribution is 5.85. The van der Waals surface area contributed by atoms with Gasteiger partial charge in [0.05, 0.1) is 21.6 Å². The number of carboxylic acid groups (broad SMARTS) is 1. The van der Waals surface area contributed by atoms with Gasteiger partial charge in [0.25, 0.3) is 0 Å². The molecule has 0 fully saturated rings. The summed E-state index contributed by atoms with van der Waals surface area (Å²) in [6.45, 7) is -25.3. The van der Waals surface area contributed by atoms with E-state index in [1.165, 1.54) is 0 Å². The second-order valence-electron chi connectivity index (χ2n) is 3.79. The minimum Gasteiger partial charge on any atom is -0.491 e. The first-order chi connectivity index (χ1) is 20.8. The summed E-state index contributed by atoms with van der Waals surface area (Å²) in [7, 11) is -3.61. The topological polar surface area (TPSA) is 94.1 Å². The van der Waals surface area contributed by atoms with E-state index in [0.29, 0.717) is 0 Å². The molecule has 134 valence electrons. The molecule has 0 saturated carbocycles. The van der Waals surface area contributed by atoms with Crippen molar-refractivity contribution in [3.8, 4) is 5.75 Å². The molecule has 1 aromatic rings. The van der Waals surface area contributed by atoms with Crippen LogP contribution >= 0.6 is 0 Å². The van der Waals surface area contributed by atoms with Crippen molar-refractivity contribution in [2.75, 3.05) is 20.2 Å². The Morgan fingerprint density at radius 1 is 1.29 bits per heavy atom. The Morgan fingerprint density at radius 3 is 2.54 bits per heavy atom. The molecular formula is C17H25NO6. The number of aliphatic carboxylic acids is 1. The zero-order valence-electron chi connectivity index (χ0n) is 35.4. The van der Waals surface area contributed by atoms with Crippen molar-refractivity contribution in [2.45, 2.75) is 38.5 Å². The fraction of sp³-hybridized carbons (Fsp3) is 0.529. The van der Waals surface area contributed by atoms with Gasteiger partial charge in [-0.15, -0.1) is 0 Å². The molecule has 0 aliphatic heterocycles. The number of alkyl carbamates (subject to hydrolysis) is 1. The highest BCUT2D eigenvalue weighted by Crippen LogP contribution is 2.24. The molecule has 2 N–H and O–H groups in total. The number of amides is 1. The largest absolute Gasteiger partial charge is 0.491 e. The van der Waals surface area contributed by atoms with Crippen LogP contribution in [0.1, 0.15) is 64.5 Å². The molecule has 0 heterocycles. The Labute approximate surface area is 175 Å². The van der Waals surface area contributed by atoms with E-state index in [1.807, 2.05) is 0 Å². The molecule has 0 saturated heterocycles. The molecular weight excluding hydrogens is 314 g/mol. The number of hydrogen-bond acceptors (Lipinski definition) is 5. The second-order valence-corrected chi connectivity index (χ2v) is 3.79. The Morgan fingerprint density at radius 2 is 2.00 bits per heavy atom. The first-order valence-electron chi connectivity index (χ1n) is 17.5. The van der Waals surface area contributed by atoms with Gasteiger partial charge in [0.2, 0.25) is 0 Å². The number of rotatable bonds is 7. The molecule has 0 radical (unpaired) electrons. The van der Waals surface area contributed by atoms with E-state index in [0.717, 1.165) is 0 Å². The Kier molecular flexibility index (Phi) is 1.49. The molecule has 7 nitrogen and oxygen atoms in total. The van der Waals surface area contributed by atoms with Crippen LogP contribution in [-0.4, -0.2) is 42.9 Å². The van der Waals surface area contributed by atoms with E-state index in [4.69, 9.17) is 32.9 Å². The average Bonchev–Trinajstić information content (AvgIpc) is 2.80. The van der Waals surface area contributed by atoms with Gasteiger partial charge in [-0.1, -0.05) is 12.1 Å². The number of carbonyl (C=O) groups excluding carboxylic acids is 1. The van der Waals surface area contributed by atoms with Gasteiger partial charge in [-0.2, -0.15) is 0 Å². The first kappa shape index (κ1) is 4.46. The van der Waals surface area contributed by atoms with Crippen molar-refractivity contribution < 1.29 is 61.8 Å². The van der Waals surface area contributed by atoms with Gasteiger partial charge in [-0.05, 0) is 45.1 Å². The molecule has 7 heteroatoms. The smallest absolute Gasteiger partial charge is 0.408 e. The highest BCUT2D eigenvalue weighted by atomic mass is 16.6. The number of hydrogen-bond donors (Lipinski definition) is 2. The zero-order valence-corrected chi connectivity index (χ0v) is 11.4. The standard InChI is InChI=1S/C17H25NO6/c1-16(2,3)24-15(21)18-17(4,14(19)20)12-6-8-13(9-7-12)23-11-10-22-5/h6-9H,10-11H2,1-5H3,(H,18,21)(H,19,20)/i1D3,2D3,3D3,4D3,5D3,6D,7D,8D,9D,10D2,11D2/hD. The van der Waals surface area contributed by atoms with Crippen LogP contribution in [0.5, 0.6) is 5.75 Å². The number of nitrogens with one attached hydrogen (secondary N) is 1. The van der Waals surface area contributed by atoms with E-state index >= 15 is 0 Å². The number of ether oxygens (including phenoxy) is 3. The van der Waals surface area contributed by atoms with E-state index in [-0.39, 0.29) is 0 Å². The quantitative estimate of drug-likeness (QED) is 0.773. The number of benzene rings is 1. The van der Waals surface area contributed by atoms with Gasteiger partial charge in [0.1, 0.15) is 17.9 Å². The summed E-state index contributed by atoms with van der Waals surface area (Å²) in [4.78, 5) is 25.9. The SMILES string of the molecule is [2H]c1c([2H])c(C(C(=O)O)(N([2H])C(=O)OC(C([2H])([2H])[2H])(C([2H])([2H])[2H])C([2H])([2H])[2H])C([2H])([2H])[2H])c([2H])c([2H])c1OC([2H])([2H])C([2H])([2H])OC([2H])([2H])[2H]. The molecule has 1 amide bonds. The maximum atomic E-state index is 13.2. The lowest BCUT2D eigenvalue weighted by Gasteiger charge is -2.29. The van der Waals surface area contributed by atoms with Crippen molar-refractivity contribution in [3.05, 3.63) is 29.7 Å². The molecule has 0 spiro atoms. The van der Waals surface area contributed by atoms with E-state index in [1.54, 1.807) is 0 Å². The van der Waals surface area contributed by atoms with Crippen LogP contribution in [0, 0.1) is 0 Å². The number of methoxy groups -OCH3 is 1. The highest BCUT2D eigenvalue weighted by Gasteiger charge is 2.38. The fourth-order valence-corrected chi connectivity index (χ4v) is 1.13. The van der Waals surface area contributed by atoms with Crippen molar-refractivity contribution in [2.24, 2.45) is 0 Å². The molecule has 1 rings (SSSR count). The second kappa shape index (κ2) is 8.01. The Hall–Kier alpha value is -2.28. The minimum atomic E-state index is -4.56. The zero-order chi connectivity index (χ0) is 38.8. The van der Waals surface area contributed by atoms with Gasteiger partial charge in [-0.25, -0.2) is 9.59 Å². The molecule has 0 bridgehead atoms. The Bertz CT molecular complexity index is 1340. The summed E-state index contributed by atoms with van der Waals surface area (Å²) in [5.41, 5.74) is -11.0. The van der Waals surface area contributed by atoms with Crippen LogP contribution in [0.15, 0.2) is 24.2 Å².